The standard InChI is InChI=1S/C7H4N4/c8-3-5-1-2-9-7-6(5)10-4-11-7/h1-2,4H,(H,9,10,11). The summed E-state index contributed by atoms with van der Waals surface area (Å²) < 4.78 is 0. The van der Waals surface area contributed by atoms with E-state index in [9.17, 15) is 0 Å². The SMILES string of the molecule is N#Cc1ccnc2[nH]cnc12. The Bertz CT molecular complexity index is 423. The predicted octanol–water partition coefficient (Wildman–Crippen LogP) is 0.830. The molecule has 2 aromatic heterocycles. The minimum atomic E-state index is 0.552. The summed E-state index contributed by atoms with van der Waals surface area (Å²) in [7, 11) is 0. The van der Waals surface area contributed by atoms with Gasteiger partial charge in [0.25, 0.3) is 0 Å². The molecule has 1 N–H and O–H groups in total. The maximum atomic E-state index is 8.62. The quantitative estimate of drug-likeness (QED) is 0.595. The molecule has 0 aromatic carbocycles. The van der Waals surface area contributed by atoms with Gasteiger partial charge in [-0.05, 0) is 6.07 Å². The van der Waals surface area contributed by atoms with Gasteiger partial charge in [0.05, 0.1) is 11.9 Å². The van der Waals surface area contributed by atoms with Crippen LogP contribution in [-0.4, -0.2) is 15.0 Å². The number of nitriles is 1. The molecule has 0 amide bonds. The molecular formula is C7H4N4. The van der Waals surface area contributed by atoms with Crippen molar-refractivity contribution in [3.63, 3.8) is 0 Å². The first kappa shape index (κ1) is 5.86. The topological polar surface area (TPSA) is 65.4 Å². The van der Waals surface area contributed by atoms with E-state index in [1.807, 2.05) is 6.07 Å². The first-order chi connectivity index (χ1) is 5.42. The molecule has 2 heterocycles. The Morgan fingerprint density at radius 1 is 1.45 bits per heavy atom. The molecule has 0 radical (unpaired) electrons. The van der Waals surface area contributed by atoms with Crippen molar-refractivity contribution in [3.8, 4) is 6.07 Å². The van der Waals surface area contributed by atoms with Crippen LogP contribution in [0.2, 0.25) is 0 Å². The Labute approximate surface area is 62.5 Å². The number of fused-ring (bicyclic) bond motifs is 1. The molecule has 0 bridgehead atoms. The second-order valence-electron chi connectivity index (χ2n) is 2.07. The first-order valence-electron chi connectivity index (χ1n) is 3.10. The molecule has 4 heteroatoms. The minimum Gasteiger partial charge on any atom is -0.329 e. The summed E-state index contributed by atoms with van der Waals surface area (Å²) in [6.45, 7) is 0. The van der Waals surface area contributed by atoms with Crippen molar-refractivity contribution in [1.29, 1.82) is 5.26 Å². The summed E-state index contributed by atoms with van der Waals surface area (Å²) in [5.41, 5.74) is 1.84. The average Bonchev–Trinajstić information content (AvgIpc) is 2.50. The molecule has 0 aliphatic carbocycles. The first-order valence-corrected chi connectivity index (χ1v) is 3.10. The number of pyridine rings is 1. The highest BCUT2D eigenvalue weighted by Crippen LogP contribution is 2.09. The second kappa shape index (κ2) is 2.06. The van der Waals surface area contributed by atoms with Gasteiger partial charge in [0, 0.05) is 6.20 Å². The van der Waals surface area contributed by atoms with Crippen molar-refractivity contribution in [1.82, 2.24) is 15.0 Å². The highest BCUT2D eigenvalue weighted by Gasteiger charge is 2.01. The Kier molecular flexibility index (Phi) is 1.10. The van der Waals surface area contributed by atoms with Crippen molar-refractivity contribution in [2.75, 3.05) is 0 Å². The van der Waals surface area contributed by atoms with Crippen molar-refractivity contribution < 1.29 is 0 Å². The summed E-state index contributed by atoms with van der Waals surface area (Å²) in [4.78, 5) is 10.8. The third kappa shape index (κ3) is 0.749. The van der Waals surface area contributed by atoms with E-state index < -0.39 is 0 Å². The molecule has 0 saturated carbocycles. The number of aromatic nitrogens is 3. The number of nitrogens with zero attached hydrogens (tertiary/aromatic N) is 3. The zero-order valence-electron chi connectivity index (χ0n) is 5.57. The fourth-order valence-electron chi connectivity index (χ4n) is 0.938. The molecule has 52 valence electrons. The summed E-state index contributed by atoms with van der Waals surface area (Å²) in [5.74, 6) is 0. The average molecular weight is 144 g/mol. The number of hydrogen-bond acceptors (Lipinski definition) is 3. The molecule has 0 unspecified atom stereocenters. The zero-order chi connectivity index (χ0) is 7.68. The normalized spacial score (nSPS) is 9.73. The lowest BCUT2D eigenvalue weighted by Crippen LogP contribution is -1.80. The van der Waals surface area contributed by atoms with Gasteiger partial charge in [0.15, 0.2) is 5.65 Å². The van der Waals surface area contributed by atoms with E-state index in [-0.39, 0.29) is 0 Å². The van der Waals surface area contributed by atoms with Crippen molar-refractivity contribution >= 4 is 11.2 Å². The lowest BCUT2D eigenvalue weighted by Gasteiger charge is -1.87. The molecular weight excluding hydrogens is 140 g/mol. The predicted molar refractivity (Wildman–Crippen MR) is 38.6 cm³/mol. The molecule has 11 heavy (non-hydrogen) atoms. The fraction of sp³-hybridized carbons (Fsp3) is 0. The van der Waals surface area contributed by atoms with Crippen LogP contribution in [0.15, 0.2) is 18.6 Å². The number of H-pyrrole nitrogens is 1. The van der Waals surface area contributed by atoms with Crippen LogP contribution in [0, 0.1) is 11.3 Å². The minimum absolute atomic E-state index is 0.552. The Morgan fingerprint density at radius 3 is 3.18 bits per heavy atom. The Hall–Kier alpha value is -1.89. The summed E-state index contributed by atoms with van der Waals surface area (Å²) in [5, 5.41) is 8.62. The van der Waals surface area contributed by atoms with Crippen molar-refractivity contribution in [2.24, 2.45) is 0 Å². The van der Waals surface area contributed by atoms with Crippen LogP contribution in [-0.2, 0) is 0 Å². The molecule has 0 saturated heterocycles. The van der Waals surface area contributed by atoms with E-state index >= 15 is 0 Å². The van der Waals surface area contributed by atoms with Crippen LogP contribution < -0.4 is 0 Å². The number of rotatable bonds is 0. The fourth-order valence-corrected chi connectivity index (χ4v) is 0.938. The van der Waals surface area contributed by atoms with E-state index in [4.69, 9.17) is 5.26 Å². The molecule has 2 aromatic rings. The van der Waals surface area contributed by atoms with E-state index in [1.165, 1.54) is 6.33 Å². The van der Waals surface area contributed by atoms with E-state index in [0.717, 1.165) is 0 Å². The molecule has 0 atom stereocenters. The van der Waals surface area contributed by atoms with E-state index in [0.29, 0.717) is 16.7 Å². The van der Waals surface area contributed by atoms with E-state index in [1.54, 1.807) is 12.3 Å². The summed E-state index contributed by atoms with van der Waals surface area (Å²) in [6, 6.07) is 3.68. The van der Waals surface area contributed by atoms with Crippen LogP contribution in [0.1, 0.15) is 5.56 Å². The van der Waals surface area contributed by atoms with Crippen LogP contribution in [0.3, 0.4) is 0 Å². The van der Waals surface area contributed by atoms with Crippen molar-refractivity contribution in [3.05, 3.63) is 24.2 Å². The Morgan fingerprint density at radius 2 is 2.36 bits per heavy atom. The molecule has 0 aliphatic heterocycles. The van der Waals surface area contributed by atoms with E-state index in [2.05, 4.69) is 15.0 Å². The monoisotopic (exact) mass is 144 g/mol. The van der Waals surface area contributed by atoms with Crippen LogP contribution in [0.25, 0.3) is 11.2 Å². The smallest absolute Gasteiger partial charge is 0.158 e. The number of nitrogens with one attached hydrogen (secondary N) is 1. The maximum absolute atomic E-state index is 8.62. The van der Waals surface area contributed by atoms with Crippen molar-refractivity contribution in [2.45, 2.75) is 0 Å². The maximum Gasteiger partial charge on any atom is 0.158 e. The summed E-state index contributed by atoms with van der Waals surface area (Å²) in [6.07, 6.45) is 3.11. The van der Waals surface area contributed by atoms with Gasteiger partial charge >= 0.3 is 0 Å². The summed E-state index contributed by atoms with van der Waals surface area (Å²) >= 11 is 0. The lowest BCUT2D eigenvalue weighted by molar-refractivity contribution is 1.30. The van der Waals surface area contributed by atoms with Gasteiger partial charge in [-0.25, -0.2) is 9.97 Å². The zero-order valence-corrected chi connectivity index (χ0v) is 5.57. The number of aromatic amines is 1. The molecule has 0 aliphatic rings. The van der Waals surface area contributed by atoms with Gasteiger partial charge in [-0.15, -0.1) is 0 Å². The number of hydrogen-bond donors (Lipinski definition) is 1. The number of imidazole rings is 1. The lowest BCUT2D eigenvalue weighted by atomic mass is 10.3. The third-order valence-corrected chi connectivity index (χ3v) is 1.44. The molecule has 0 fully saturated rings. The Balaban J connectivity index is 2.92. The van der Waals surface area contributed by atoms with Gasteiger partial charge < -0.3 is 4.98 Å². The third-order valence-electron chi connectivity index (χ3n) is 1.44. The molecule has 4 nitrogen and oxygen atoms in total. The van der Waals surface area contributed by atoms with Gasteiger partial charge in [-0.2, -0.15) is 5.26 Å². The van der Waals surface area contributed by atoms with Gasteiger partial charge in [0.2, 0.25) is 0 Å². The molecule has 0 spiro atoms. The van der Waals surface area contributed by atoms with Crippen LogP contribution in [0.4, 0.5) is 0 Å². The highest BCUT2D eigenvalue weighted by molar-refractivity contribution is 5.76. The molecule has 2 rings (SSSR count). The highest BCUT2D eigenvalue weighted by atomic mass is 14.9. The van der Waals surface area contributed by atoms with Gasteiger partial charge in [-0.1, -0.05) is 0 Å². The van der Waals surface area contributed by atoms with Crippen LogP contribution in [0.5, 0.6) is 0 Å². The largest absolute Gasteiger partial charge is 0.329 e. The van der Waals surface area contributed by atoms with Gasteiger partial charge in [0.1, 0.15) is 11.6 Å². The van der Waals surface area contributed by atoms with Gasteiger partial charge in [-0.3, -0.25) is 0 Å². The second-order valence-corrected chi connectivity index (χ2v) is 2.07. The van der Waals surface area contributed by atoms with Crippen LogP contribution >= 0.6 is 0 Å².